The Morgan fingerprint density at radius 2 is 1.72 bits per heavy atom. The normalized spacial score (nSPS) is 20.2. The lowest BCUT2D eigenvalue weighted by molar-refractivity contribution is 0.0264. The van der Waals surface area contributed by atoms with Crippen molar-refractivity contribution in [2.24, 2.45) is 4.99 Å². The van der Waals surface area contributed by atoms with Crippen LogP contribution in [-0.2, 0) is 11.3 Å². The molecular formula is C23H39N5O. The maximum Gasteiger partial charge on any atom is 0.193 e. The predicted octanol–water partition coefficient (Wildman–Crippen LogP) is 2.27. The second-order valence-electron chi connectivity index (χ2n) is 8.07. The van der Waals surface area contributed by atoms with Crippen LogP contribution in [0.3, 0.4) is 0 Å². The van der Waals surface area contributed by atoms with Gasteiger partial charge in [-0.05, 0) is 38.3 Å². The number of piperidine rings is 1. The first-order chi connectivity index (χ1) is 14.3. The Hall–Kier alpha value is -1.63. The van der Waals surface area contributed by atoms with Crippen LogP contribution in [0, 0.1) is 0 Å². The highest BCUT2D eigenvalue weighted by atomic mass is 16.5. The molecule has 0 atom stereocenters. The first-order valence-corrected chi connectivity index (χ1v) is 11.3. The van der Waals surface area contributed by atoms with E-state index in [2.05, 4.69) is 62.3 Å². The molecule has 1 aromatic rings. The van der Waals surface area contributed by atoms with Crippen molar-refractivity contribution in [3.05, 3.63) is 35.9 Å². The summed E-state index contributed by atoms with van der Waals surface area (Å²) in [5.74, 6) is 1.05. The van der Waals surface area contributed by atoms with Crippen molar-refractivity contribution < 1.29 is 4.74 Å². The fourth-order valence-corrected chi connectivity index (χ4v) is 4.32. The minimum Gasteiger partial charge on any atom is -0.378 e. The summed E-state index contributed by atoms with van der Waals surface area (Å²) in [4.78, 5) is 12.0. The van der Waals surface area contributed by atoms with Crippen LogP contribution in [0.25, 0.3) is 0 Å². The van der Waals surface area contributed by atoms with Gasteiger partial charge in [-0.25, -0.2) is 0 Å². The molecule has 29 heavy (non-hydrogen) atoms. The van der Waals surface area contributed by atoms with Gasteiger partial charge in [-0.3, -0.25) is 9.89 Å². The highest BCUT2D eigenvalue weighted by molar-refractivity contribution is 5.79. The number of hydrogen-bond donors (Lipinski definition) is 1. The number of benzene rings is 1. The number of likely N-dealkylation sites (tertiary alicyclic amines) is 1. The van der Waals surface area contributed by atoms with Crippen LogP contribution in [0.5, 0.6) is 0 Å². The highest BCUT2D eigenvalue weighted by Crippen LogP contribution is 2.13. The summed E-state index contributed by atoms with van der Waals surface area (Å²) in [6.45, 7) is 12.9. The SMILES string of the molecule is CCOC1CCN(C(=NC)NCCCN2CCN(Cc3ccccc3)CC2)CC1. The molecule has 2 aliphatic heterocycles. The molecule has 0 aliphatic carbocycles. The van der Waals surface area contributed by atoms with E-state index in [4.69, 9.17) is 4.74 Å². The van der Waals surface area contributed by atoms with Gasteiger partial charge in [0.1, 0.15) is 0 Å². The average molecular weight is 402 g/mol. The fraction of sp³-hybridized carbons (Fsp3) is 0.696. The first-order valence-electron chi connectivity index (χ1n) is 11.3. The van der Waals surface area contributed by atoms with Crippen molar-refractivity contribution in [2.45, 2.75) is 38.8 Å². The summed E-state index contributed by atoms with van der Waals surface area (Å²) in [6.07, 6.45) is 3.78. The van der Waals surface area contributed by atoms with Crippen LogP contribution in [0.15, 0.2) is 35.3 Å². The maximum atomic E-state index is 5.76. The molecule has 1 N–H and O–H groups in total. The van der Waals surface area contributed by atoms with Gasteiger partial charge >= 0.3 is 0 Å². The second kappa shape index (κ2) is 12.2. The number of ether oxygens (including phenoxy) is 1. The summed E-state index contributed by atoms with van der Waals surface area (Å²) in [7, 11) is 1.89. The largest absolute Gasteiger partial charge is 0.378 e. The summed E-state index contributed by atoms with van der Waals surface area (Å²) < 4.78 is 5.76. The van der Waals surface area contributed by atoms with Crippen LogP contribution in [0.1, 0.15) is 31.7 Å². The van der Waals surface area contributed by atoms with Gasteiger partial charge < -0.3 is 19.9 Å². The Balaban J connectivity index is 1.28. The number of nitrogens with one attached hydrogen (secondary N) is 1. The molecular weight excluding hydrogens is 362 g/mol. The van der Waals surface area contributed by atoms with Crippen molar-refractivity contribution in [3.63, 3.8) is 0 Å². The molecule has 6 heteroatoms. The number of guanidine groups is 1. The molecule has 0 unspecified atom stereocenters. The van der Waals surface area contributed by atoms with Gasteiger partial charge in [0.2, 0.25) is 0 Å². The van der Waals surface area contributed by atoms with Crippen LogP contribution < -0.4 is 5.32 Å². The van der Waals surface area contributed by atoms with Gasteiger partial charge in [-0.2, -0.15) is 0 Å². The molecule has 162 valence electrons. The van der Waals surface area contributed by atoms with Crippen molar-refractivity contribution in [1.82, 2.24) is 20.0 Å². The van der Waals surface area contributed by atoms with E-state index in [1.165, 1.54) is 31.7 Å². The standard InChI is InChI=1S/C23H39N5O/c1-3-29-22-10-14-28(15-11-22)23(24-2)25-12-7-13-26-16-18-27(19-17-26)20-21-8-5-4-6-9-21/h4-6,8-9,22H,3,7,10-20H2,1-2H3,(H,24,25). The van der Waals surface area contributed by atoms with E-state index < -0.39 is 0 Å². The molecule has 2 aliphatic rings. The lowest BCUT2D eigenvalue weighted by Gasteiger charge is -2.35. The minimum absolute atomic E-state index is 0.426. The van der Waals surface area contributed by atoms with Crippen LogP contribution >= 0.6 is 0 Å². The van der Waals surface area contributed by atoms with Gasteiger partial charge in [0, 0.05) is 66.0 Å². The number of aliphatic imine (C=N–C) groups is 1. The van der Waals surface area contributed by atoms with E-state index in [9.17, 15) is 0 Å². The smallest absolute Gasteiger partial charge is 0.193 e. The third-order valence-corrected chi connectivity index (χ3v) is 6.00. The Morgan fingerprint density at radius 1 is 1.03 bits per heavy atom. The lowest BCUT2D eigenvalue weighted by Crippen LogP contribution is -2.48. The lowest BCUT2D eigenvalue weighted by atomic mass is 10.1. The third kappa shape index (κ3) is 7.28. The topological polar surface area (TPSA) is 43.3 Å². The summed E-state index contributed by atoms with van der Waals surface area (Å²) in [5, 5.41) is 3.57. The summed E-state index contributed by atoms with van der Waals surface area (Å²) >= 11 is 0. The van der Waals surface area contributed by atoms with E-state index in [-0.39, 0.29) is 0 Å². The molecule has 1 aromatic carbocycles. The number of hydrogen-bond acceptors (Lipinski definition) is 4. The van der Waals surface area contributed by atoms with Crippen LogP contribution in [0.4, 0.5) is 0 Å². The summed E-state index contributed by atoms with van der Waals surface area (Å²) in [6, 6.07) is 10.8. The number of nitrogens with zero attached hydrogens (tertiary/aromatic N) is 4. The highest BCUT2D eigenvalue weighted by Gasteiger charge is 2.21. The molecule has 0 radical (unpaired) electrons. The molecule has 2 saturated heterocycles. The van der Waals surface area contributed by atoms with Crippen molar-refractivity contribution in [1.29, 1.82) is 0 Å². The molecule has 0 bridgehead atoms. The van der Waals surface area contributed by atoms with Crippen molar-refractivity contribution in [3.8, 4) is 0 Å². The third-order valence-electron chi connectivity index (χ3n) is 6.00. The molecule has 6 nitrogen and oxygen atoms in total. The Morgan fingerprint density at radius 3 is 2.38 bits per heavy atom. The van der Waals surface area contributed by atoms with E-state index in [1.807, 2.05) is 7.05 Å². The second-order valence-corrected chi connectivity index (χ2v) is 8.07. The minimum atomic E-state index is 0.426. The molecule has 0 saturated carbocycles. The van der Waals surface area contributed by atoms with Gasteiger partial charge in [0.25, 0.3) is 0 Å². The number of rotatable bonds is 8. The van der Waals surface area contributed by atoms with Gasteiger partial charge in [0.15, 0.2) is 5.96 Å². The van der Waals surface area contributed by atoms with E-state index in [0.717, 1.165) is 64.6 Å². The van der Waals surface area contributed by atoms with Gasteiger partial charge in [-0.1, -0.05) is 30.3 Å². The molecule has 3 rings (SSSR count). The molecule has 0 aromatic heterocycles. The van der Waals surface area contributed by atoms with Gasteiger partial charge in [0.05, 0.1) is 6.10 Å². The summed E-state index contributed by atoms with van der Waals surface area (Å²) in [5.41, 5.74) is 1.42. The maximum absolute atomic E-state index is 5.76. The van der Waals surface area contributed by atoms with E-state index >= 15 is 0 Å². The zero-order chi connectivity index (χ0) is 20.3. The molecule has 0 amide bonds. The Kier molecular flexibility index (Phi) is 9.25. The zero-order valence-corrected chi connectivity index (χ0v) is 18.4. The zero-order valence-electron chi connectivity index (χ0n) is 18.4. The van der Waals surface area contributed by atoms with Crippen molar-refractivity contribution in [2.75, 3.05) is 66.0 Å². The van der Waals surface area contributed by atoms with Crippen LogP contribution in [-0.4, -0.2) is 92.8 Å². The van der Waals surface area contributed by atoms with E-state index in [0.29, 0.717) is 6.10 Å². The predicted molar refractivity (Wildman–Crippen MR) is 120 cm³/mol. The van der Waals surface area contributed by atoms with Gasteiger partial charge in [-0.15, -0.1) is 0 Å². The quantitative estimate of drug-likeness (QED) is 0.411. The molecule has 2 heterocycles. The molecule has 2 fully saturated rings. The Labute approximate surface area is 176 Å². The first kappa shape index (κ1) is 22.1. The van der Waals surface area contributed by atoms with Crippen LogP contribution in [0.2, 0.25) is 0 Å². The molecule has 0 spiro atoms. The van der Waals surface area contributed by atoms with E-state index in [1.54, 1.807) is 0 Å². The monoisotopic (exact) mass is 401 g/mol. The average Bonchev–Trinajstić information content (AvgIpc) is 2.77. The fourth-order valence-electron chi connectivity index (χ4n) is 4.32. The Bertz CT molecular complexity index is 593. The number of piperazine rings is 1. The van der Waals surface area contributed by atoms with Crippen molar-refractivity contribution >= 4 is 5.96 Å².